The van der Waals surface area contributed by atoms with Gasteiger partial charge in [-0.15, -0.1) is 0 Å². The van der Waals surface area contributed by atoms with Gasteiger partial charge in [-0.2, -0.15) is 0 Å². The molecule has 2 fully saturated rings. The van der Waals surface area contributed by atoms with Crippen molar-refractivity contribution in [2.24, 2.45) is 5.92 Å². The molecule has 0 saturated heterocycles. The second-order valence-corrected chi connectivity index (χ2v) is 11.9. The van der Waals surface area contributed by atoms with Gasteiger partial charge < -0.3 is 33.7 Å². The first kappa shape index (κ1) is 30.3. The Labute approximate surface area is 246 Å². The first-order chi connectivity index (χ1) is 20.1. The fraction of sp³-hybridized carbons (Fsp3) is 0.647. The van der Waals surface area contributed by atoms with Crippen molar-refractivity contribution >= 4 is 5.69 Å². The molecule has 1 N–H and O–H groups in total. The van der Waals surface area contributed by atoms with Crippen molar-refractivity contribution in [3.8, 4) is 5.75 Å². The molecule has 226 valence electrons. The molecule has 0 unspecified atom stereocenters. The lowest BCUT2D eigenvalue weighted by atomic mass is 9.79. The van der Waals surface area contributed by atoms with E-state index in [0.717, 1.165) is 74.9 Å². The lowest BCUT2D eigenvalue weighted by molar-refractivity contribution is -0.0858. The molecule has 1 heterocycles. The van der Waals surface area contributed by atoms with Gasteiger partial charge in [0.15, 0.2) is 0 Å². The highest BCUT2D eigenvalue weighted by molar-refractivity contribution is 5.61. The van der Waals surface area contributed by atoms with E-state index in [1.807, 2.05) is 6.92 Å². The maximum Gasteiger partial charge on any atom is 0.142 e. The standard InChI is InChI=1S/C34H49NO6/c1-3-29(36)24-41-33-7-4-6-32(34(33)28-13-10-26(11-14-28)22-38-21-25-8-9-25)40-23-27-12-15-31-30(20-27)35(17-19-39-31)16-5-18-37-2/h10-15,20,25,29,32-34,36H,3-9,16-19,21-24H2,1-2H3/t29-,32+,33-,34-/m1/s1. The third-order valence-electron chi connectivity index (χ3n) is 8.66. The Kier molecular flexibility index (Phi) is 11.3. The van der Waals surface area contributed by atoms with E-state index >= 15 is 0 Å². The normalized spacial score (nSPS) is 23.2. The average molecular weight is 568 g/mol. The van der Waals surface area contributed by atoms with Crippen LogP contribution in [0.25, 0.3) is 0 Å². The summed E-state index contributed by atoms with van der Waals surface area (Å²) in [7, 11) is 1.75. The van der Waals surface area contributed by atoms with Crippen LogP contribution in [0.3, 0.4) is 0 Å². The van der Waals surface area contributed by atoms with Crippen LogP contribution in [0, 0.1) is 5.92 Å². The van der Waals surface area contributed by atoms with Crippen LogP contribution >= 0.6 is 0 Å². The minimum absolute atomic E-state index is 0.0140. The Hall–Kier alpha value is -2.16. The van der Waals surface area contributed by atoms with Gasteiger partial charge in [0.2, 0.25) is 0 Å². The maximum atomic E-state index is 10.2. The average Bonchev–Trinajstić information content (AvgIpc) is 3.84. The largest absolute Gasteiger partial charge is 0.490 e. The SMILES string of the molecule is CC[C@@H](O)CO[C@@H]1CCC[C@H](OCc2ccc3c(c2)N(CCCOC)CCO3)[C@H]1c1ccc(COCC2CC2)cc1. The first-order valence-corrected chi connectivity index (χ1v) is 15.7. The van der Waals surface area contributed by atoms with Crippen molar-refractivity contribution in [2.45, 2.75) is 89.3 Å². The van der Waals surface area contributed by atoms with Crippen LogP contribution in [0.1, 0.15) is 74.5 Å². The van der Waals surface area contributed by atoms with Crippen LogP contribution < -0.4 is 9.64 Å². The highest BCUT2D eigenvalue weighted by Crippen LogP contribution is 2.39. The van der Waals surface area contributed by atoms with Crippen molar-refractivity contribution in [1.82, 2.24) is 0 Å². The molecule has 0 spiro atoms. The Morgan fingerprint density at radius 3 is 2.51 bits per heavy atom. The van der Waals surface area contributed by atoms with E-state index in [0.29, 0.717) is 32.8 Å². The molecule has 2 aromatic rings. The molecule has 5 rings (SSSR count). The molecule has 0 amide bonds. The molecule has 7 nitrogen and oxygen atoms in total. The maximum absolute atomic E-state index is 10.2. The van der Waals surface area contributed by atoms with Crippen LogP contribution in [0.5, 0.6) is 5.75 Å². The summed E-state index contributed by atoms with van der Waals surface area (Å²) >= 11 is 0. The molecule has 1 aliphatic heterocycles. The van der Waals surface area contributed by atoms with Crippen LogP contribution in [-0.2, 0) is 32.2 Å². The van der Waals surface area contributed by atoms with E-state index in [9.17, 15) is 5.11 Å². The van der Waals surface area contributed by atoms with E-state index in [2.05, 4.69) is 47.4 Å². The molecule has 0 radical (unpaired) electrons. The van der Waals surface area contributed by atoms with E-state index in [1.54, 1.807) is 7.11 Å². The van der Waals surface area contributed by atoms with E-state index in [-0.39, 0.29) is 18.1 Å². The van der Waals surface area contributed by atoms with Gasteiger partial charge in [0.1, 0.15) is 12.4 Å². The number of benzene rings is 2. The molecule has 0 aromatic heterocycles. The number of aliphatic hydroxyl groups excluding tert-OH is 1. The summed E-state index contributed by atoms with van der Waals surface area (Å²) in [5, 5.41) is 10.2. The van der Waals surface area contributed by atoms with E-state index < -0.39 is 6.10 Å². The fourth-order valence-electron chi connectivity index (χ4n) is 5.98. The fourth-order valence-corrected chi connectivity index (χ4v) is 5.98. The second kappa shape index (κ2) is 15.4. The van der Waals surface area contributed by atoms with Gasteiger partial charge in [0.05, 0.1) is 50.4 Å². The summed E-state index contributed by atoms with van der Waals surface area (Å²) < 4.78 is 30.2. The summed E-state index contributed by atoms with van der Waals surface area (Å²) in [5.41, 5.74) is 4.73. The topological polar surface area (TPSA) is 69.6 Å². The quantitative estimate of drug-likeness (QED) is 0.255. The Balaban J connectivity index is 1.27. The summed E-state index contributed by atoms with van der Waals surface area (Å²) in [6.07, 6.45) is 6.92. The molecule has 2 aromatic carbocycles. The van der Waals surface area contributed by atoms with Crippen LogP contribution in [0.15, 0.2) is 42.5 Å². The molecule has 41 heavy (non-hydrogen) atoms. The minimum Gasteiger partial charge on any atom is -0.490 e. The van der Waals surface area contributed by atoms with Crippen LogP contribution in [0.2, 0.25) is 0 Å². The molecule has 2 saturated carbocycles. The van der Waals surface area contributed by atoms with Crippen LogP contribution in [-0.4, -0.2) is 70.0 Å². The van der Waals surface area contributed by atoms with E-state index in [4.69, 9.17) is 23.7 Å². The zero-order valence-electron chi connectivity index (χ0n) is 25.0. The molecule has 7 heteroatoms. The minimum atomic E-state index is -0.438. The number of nitrogens with zero attached hydrogens (tertiary/aromatic N) is 1. The number of fused-ring (bicyclic) bond motifs is 1. The number of ether oxygens (including phenoxy) is 5. The van der Waals surface area contributed by atoms with Crippen molar-refractivity contribution in [3.63, 3.8) is 0 Å². The molecule has 2 aliphatic carbocycles. The van der Waals surface area contributed by atoms with Gasteiger partial charge >= 0.3 is 0 Å². The van der Waals surface area contributed by atoms with Crippen molar-refractivity contribution in [1.29, 1.82) is 0 Å². The zero-order valence-corrected chi connectivity index (χ0v) is 25.0. The summed E-state index contributed by atoms with van der Waals surface area (Å²) in [5.74, 6) is 1.82. The highest BCUT2D eigenvalue weighted by atomic mass is 16.5. The molecule has 4 atom stereocenters. The Bertz CT molecular complexity index is 1060. The van der Waals surface area contributed by atoms with Crippen molar-refractivity contribution in [2.75, 3.05) is 51.5 Å². The predicted molar refractivity (Wildman–Crippen MR) is 161 cm³/mol. The van der Waals surface area contributed by atoms with Gasteiger partial charge in [-0.3, -0.25) is 0 Å². The number of rotatable bonds is 16. The van der Waals surface area contributed by atoms with Crippen molar-refractivity contribution < 1.29 is 28.8 Å². The number of anilines is 1. The van der Waals surface area contributed by atoms with Gasteiger partial charge in [-0.1, -0.05) is 37.3 Å². The number of hydrogen-bond donors (Lipinski definition) is 1. The van der Waals surface area contributed by atoms with E-state index in [1.165, 1.54) is 24.0 Å². The zero-order chi connectivity index (χ0) is 28.4. The Morgan fingerprint density at radius 2 is 1.76 bits per heavy atom. The summed E-state index contributed by atoms with van der Waals surface area (Å²) in [6.45, 7) is 7.72. The third kappa shape index (κ3) is 8.68. The number of hydrogen-bond acceptors (Lipinski definition) is 7. The number of aliphatic hydroxyl groups is 1. The predicted octanol–water partition coefficient (Wildman–Crippen LogP) is 5.86. The smallest absolute Gasteiger partial charge is 0.142 e. The molecular formula is C34H49NO6. The molecule has 0 bridgehead atoms. The second-order valence-electron chi connectivity index (χ2n) is 11.9. The Morgan fingerprint density at radius 1 is 0.976 bits per heavy atom. The molecular weight excluding hydrogens is 518 g/mol. The van der Waals surface area contributed by atoms with Gasteiger partial charge in [0, 0.05) is 32.8 Å². The van der Waals surface area contributed by atoms with Gasteiger partial charge in [0.25, 0.3) is 0 Å². The van der Waals surface area contributed by atoms with Crippen LogP contribution in [0.4, 0.5) is 5.69 Å². The first-order valence-electron chi connectivity index (χ1n) is 15.7. The van der Waals surface area contributed by atoms with Crippen molar-refractivity contribution in [3.05, 3.63) is 59.2 Å². The summed E-state index contributed by atoms with van der Waals surface area (Å²) in [6, 6.07) is 15.3. The molecule has 3 aliphatic rings. The highest BCUT2D eigenvalue weighted by Gasteiger charge is 2.36. The monoisotopic (exact) mass is 567 g/mol. The van der Waals surface area contributed by atoms with Gasteiger partial charge in [-0.05, 0) is 79.7 Å². The van der Waals surface area contributed by atoms with Gasteiger partial charge in [-0.25, -0.2) is 0 Å². The number of methoxy groups -OCH3 is 1. The lowest BCUT2D eigenvalue weighted by Gasteiger charge is -2.39. The summed E-state index contributed by atoms with van der Waals surface area (Å²) in [4.78, 5) is 2.39. The lowest BCUT2D eigenvalue weighted by Crippen LogP contribution is -2.39. The third-order valence-corrected chi connectivity index (χ3v) is 8.66.